The highest BCUT2D eigenvalue weighted by atomic mass is 16.6. The minimum absolute atomic E-state index is 0.0842. The number of rotatable bonds is 15. The van der Waals surface area contributed by atoms with Crippen molar-refractivity contribution < 1.29 is 43.1 Å². The van der Waals surface area contributed by atoms with E-state index in [0.29, 0.717) is 29.8 Å². The lowest BCUT2D eigenvalue weighted by atomic mass is 9.78. The number of ether oxygens (including phenoxy) is 1. The van der Waals surface area contributed by atoms with Gasteiger partial charge in [0.25, 0.3) is 0 Å². The van der Waals surface area contributed by atoms with E-state index in [4.69, 9.17) is 10.5 Å². The van der Waals surface area contributed by atoms with Gasteiger partial charge in [-0.3, -0.25) is 48.0 Å². The van der Waals surface area contributed by atoms with Crippen LogP contribution in [0.5, 0.6) is 0 Å². The van der Waals surface area contributed by atoms with Gasteiger partial charge in [-0.15, -0.1) is 0 Å². The fourth-order valence-electron chi connectivity index (χ4n) is 11.2. The predicted octanol–water partition coefficient (Wildman–Crippen LogP) is 4.20. The van der Waals surface area contributed by atoms with E-state index in [1.165, 1.54) is 9.47 Å². The molecule has 3 aromatic carbocycles. The average molecular weight is 1020 g/mol. The largest absolute Gasteiger partial charge is 0.444 e. The van der Waals surface area contributed by atoms with Crippen LogP contribution in [0, 0.1) is 11.8 Å². The van der Waals surface area contributed by atoms with Crippen molar-refractivity contribution in [2.75, 3.05) is 13.1 Å². The van der Waals surface area contributed by atoms with Gasteiger partial charge in [0.2, 0.25) is 41.4 Å². The van der Waals surface area contributed by atoms with E-state index in [-0.39, 0.29) is 75.0 Å². The Hall–Kier alpha value is -7.31. The lowest BCUT2D eigenvalue weighted by Crippen LogP contribution is -2.62. The maximum Gasteiger partial charge on any atom is 0.408 e. The van der Waals surface area contributed by atoms with Crippen molar-refractivity contribution in [3.05, 3.63) is 106 Å². The molecule has 0 bridgehead atoms. The Labute approximate surface area is 430 Å². The molecule has 19 nitrogen and oxygen atoms in total. The molecule has 19 heteroatoms. The third-order valence-corrected chi connectivity index (χ3v) is 15.0. The maximum absolute atomic E-state index is 14.8. The van der Waals surface area contributed by atoms with E-state index in [2.05, 4.69) is 21.3 Å². The molecule has 0 spiro atoms. The quantitative estimate of drug-likeness (QED) is 0.106. The highest BCUT2D eigenvalue weighted by Crippen LogP contribution is 2.35. The van der Waals surface area contributed by atoms with E-state index in [9.17, 15) is 43.2 Å². The summed E-state index contributed by atoms with van der Waals surface area (Å²) in [5.41, 5.74) is 8.36. The molecule has 1 aromatic heterocycles. The number of imide groups is 1. The molecular weight excluding hydrogens is 947 g/mol. The van der Waals surface area contributed by atoms with Gasteiger partial charge in [-0.25, -0.2) is 9.59 Å². The van der Waals surface area contributed by atoms with Crippen LogP contribution < -0.4 is 32.7 Å². The molecule has 74 heavy (non-hydrogen) atoms. The number of amides is 8. The zero-order chi connectivity index (χ0) is 52.8. The molecule has 4 fully saturated rings. The molecule has 4 aliphatic rings. The first-order valence-electron chi connectivity index (χ1n) is 26.0. The molecule has 5 atom stereocenters. The van der Waals surface area contributed by atoms with Gasteiger partial charge in [-0.1, -0.05) is 66.7 Å². The van der Waals surface area contributed by atoms with E-state index in [1.54, 1.807) is 37.3 Å². The van der Waals surface area contributed by atoms with Crippen LogP contribution in [0.4, 0.5) is 4.79 Å². The van der Waals surface area contributed by atoms with E-state index >= 15 is 0 Å². The molecule has 394 valence electrons. The van der Waals surface area contributed by atoms with Crippen molar-refractivity contribution in [2.24, 2.45) is 24.6 Å². The minimum atomic E-state index is -1.25. The summed E-state index contributed by atoms with van der Waals surface area (Å²) < 4.78 is 8.59. The van der Waals surface area contributed by atoms with Crippen LogP contribution >= 0.6 is 0 Å². The summed E-state index contributed by atoms with van der Waals surface area (Å²) in [6.07, 6.45) is 4.87. The highest BCUT2D eigenvalue weighted by Gasteiger charge is 2.46. The van der Waals surface area contributed by atoms with Crippen LogP contribution in [0.3, 0.4) is 0 Å². The predicted molar refractivity (Wildman–Crippen MR) is 274 cm³/mol. The number of nitrogens with zero attached hydrogens (tertiary/aromatic N) is 4. The van der Waals surface area contributed by atoms with Crippen molar-refractivity contribution in [1.82, 2.24) is 40.2 Å². The summed E-state index contributed by atoms with van der Waals surface area (Å²) in [7, 11) is 1.68. The van der Waals surface area contributed by atoms with Crippen LogP contribution in [-0.2, 0) is 51.8 Å². The third-order valence-electron chi connectivity index (χ3n) is 15.0. The topological polar surface area (TPSA) is 253 Å². The van der Waals surface area contributed by atoms with Gasteiger partial charge < -0.3 is 36.2 Å². The van der Waals surface area contributed by atoms with Gasteiger partial charge >= 0.3 is 11.8 Å². The van der Waals surface area contributed by atoms with Gasteiger partial charge in [-0.2, -0.15) is 0 Å². The van der Waals surface area contributed by atoms with E-state index in [0.717, 1.165) is 48.8 Å². The fraction of sp³-hybridized carbons (Fsp3) is 0.509. The normalized spacial score (nSPS) is 22.8. The maximum atomic E-state index is 14.8. The zero-order valence-electron chi connectivity index (χ0n) is 42.7. The number of nitrogens with one attached hydrogen (secondary N) is 4. The molecule has 8 rings (SSSR count). The molecule has 3 aliphatic heterocycles. The molecule has 4 heterocycles. The Morgan fingerprint density at radius 3 is 2.09 bits per heavy atom. The van der Waals surface area contributed by atoms with Gasteiger partial charge in [0.1, 0.15) is 29.8 Å². The number of carbonyl (C=O) groups excluding carboxylic acids is 8. The number of fused-ring (bicyclic) bond motifs is 2. The summed E-state index contributed by atoms with van der Waals surface area (Å²) in [5, 5.41) is 11.0. The van der Waals surface area contributed by atoms with Gasteiger partial charge in [-0.05, 0) is 126 Å². The number of hydrogen-bond acceptors (Lipinski definition) is 10. The van der Waals surface area contributed by atoms with Gasteiger partial charge in [0.05, 0.1) is 23.6 Å². The first-order chi connectivity index (χ1) is 35.3. The lowest BCUT2D eigenvalue weighted by Gasteiger charge is -2.39. The van der Waals surface area contributed by atoms with Crippen molar-refractivity contribution >= 4 is 58.5 Å². The standard InChI is InChI=1S/C55H69N9O10/c1-55(2,3)74-53(72)58-40-32-62(47(67)31-34-17-15-33(16-18-34)29-35-19-22-41-44(30-35)61(4)54(73)64(41)43-24-26-46(66)59-51(43)70)28-27-38-20-23-42(63(38)52(40)71)50(69)57-39(21-25-45(56)65)49(68)60-48(36-11-7-5-8-12-36)37-13-9-6-10-14-37/h5-14,19,22,30,33-34,38-40,42-43,48H,15-18,20-21,23-29,31-32H2,1-4H3,(H2,56,65)(H,57,69)(H,58,72)(H,60,68)(H,59,66,70)/t33?,34?,38-,39+,40+,42+,43-/m1/s1. The number of carbonyl (C=O) groups is 8. The lowest BCUT2D eigenvalue weighted by molar-refractivity contribution is -0.146. The van der Waals surface area contributed by atoms with Gasteiger partial charge in [0, 0.05) is 38.9 Å². The number of aryl methyl sites for hydroxylation is 1. The molecular formula is C55H69N9O10. The van der Waals surface area contributed by atoms with E-state index < -0.39 is 77.5 Å². The van der Waals surface area contributed by atoms with Crippen molar-refractivity contribution in [3.63, 3.8) is 0 Å². The van der Waals surface area contributed by atoms with Crippen molar-refractivity contribution in [3.8, 4) is 0 Å². The van der Waals surface area contributed by atoms with Crippen LogP contribution in [0.15, 0.2) is 83.7 Å². The summed E-state index contributed by atoms with van der Waals surface area (Å²) in [5.74, 6) is -2.81. The number of piperidine rings is 1. The van der Waals surface area contributed by atoms with E-state index in [1.807, 2.05) is 78.9 Å². The molecule has 1 aliphatic carbocycles. The molecule has 0 radical (unpaired) electrons. The van der Waals surface area contributed by atoms with Crippen molar-refractivity contribution in [2.45, 2.75) is 146 Å². The minimum Gasteiger partial charge on any atom is -0.444 e. The van der Waals surface area contributed by atoms with Gasteiger partial charge in [0.15, 0.2) is 0 Å². The SMILES string of the molecule is Cn1c(=O)n([C@@H]2CCC(=O)NC2=O)c2ccc(CC3CCC(CC(=O)N4CC[C@H]5CC[C@@H](C(=O)N[C@@H](CCC(N)=O)C(=O)NC(c6ccccc6)c6ccccc6)N5C(=O)[C@@H](NC(=O)OC(C)(C)C)C4)CC3)cc21. The molecule has 0 unspecified atom stereocenters. The van der Waals surface area contributed by atoms with Crippen LogP contribution in [-0.4, -0.2) is 109 Å². The highest BCUT2D eigenvalue weighted by molar-refractivity contribution is 6.00. The number of hydrogen-bond donors (Lipinski definition) is 5. The number of imidazole rings is 1. The Bertz CT molecular complexity index is 2780. The zero-order valence-corrected chi connectivity index (χ0v) is 42.7. The first-order valence-corrected chi connectivity index (χ1v) is 26.0. The smallest absolute Gasteiger partial charge is 0.408 e. The molecule has 1 saturated carbocycles. The third kappa shape index (κ3) is 12.5. The number of benzene rings is 3. The Morgan fingerprint density at radius 2 is 1.46 bits per heavy atom. The first kappa shape index (κ1) is 53.0. The average Bonchev–Trinajstić information content (AvgIpc) is 3.89. The van der Waals surface area contributed by atoms with Crippen molar-refractivity contribution in [1.29, 1.82) is 0 Å². The molecule has 3 saturated heterocycles. The summed E-state index contributed by atoms with van der Waals surface area (Å²) in [4.78, 5) is 124. The summed E-state index contributed by atoms with van der Waals surface area (Å²) in [6.45, 7) is 5.25. The molecule has 4 aromatic rings. The summed E-state index contributed by atoms with van der Waals surface area (Å²) in [6, 6.07) is 19.4. The van der Waals surface area contributed by atoms with Crippen LogP contribution in [0.2, 0.25) is 0 Å². The number of aromatic nitrogens is 2. The second-order valence-corrected chi connectivity index (χ2v) is 21.4. The molecule has 6 N–H and O–H groups in total. The van der Waals surface area contributed by atoms with Crippen LogP contribution in [0.25, 0.3) is 11.0 Å². The Morgan fingerprint density at radius 1 is 0.797 bits per heavy atom. The monoisotopic (exact) mass is 1020 g/mol. The second-order valence-electron chi connectivity index (χ2n) is 21.4. The van der Waals surface area contributed by atoms with Crippen LogP contribution in [0.1, 0.15) is 127 Å². The number of alkyl carbamates (subject to hydrolysis) is 1. The fourth-order valence-corrected chi connectivity index (χ4v) is 11.2. The number of primary amides is 1. The molecule has 8 amide bonds. The summed E-state index contributed by atoms with van der Waals surface area (Å²) >= 11 is 0. The number of nitrogens with two attached hydrogens (primary N) is 1. The Kier molecular flexibility index (Phi) is 16.4. The Balaban J connectivity index is 0.918. The second kappa shape index (κ2) is 22.8.